The Morgan fingerprint density at radius 2 is 2.07 bits per heavy atom. The minimum atomic E-state index is -0.940. The first-order valence-corrected chi connectivity index (χ1v) is 6.51. The number of amides is 3. The van der Waals surface area contributed by atoms with E-state index in [2.05, 4.69) is 23.2 Å². The van der Waals surface area contributed by atoms with Crippen LogP contribution in [0.5, 0.6) is 0 Å². The number of nitrogens with one attached hydrogen (secondary N) is 2. The van der Waals surface area contributed by atoms with Gasteiger partial charge < -0.3 is 10.6 Å². The quantitative estimate of drug-likeness (QED) is 0.536. The molecule has 0 unspecified atom stereocenters. The summed E-state index contributed by atoms with van der Waals surface area (Å²) in [5.41, 5.74) is 0. The van der Waals surface area contributed by atoms with Gasteiger partial charge in [0.05, 0.1) is 0 Å². The molecule has 0 bridgehead atoms. The minimum absolute atomic E-state index is 0.240. The molecule has 0 radical (unpaired) electrons. The summed E-state index contributed by atoms with van der Waals surface area (Å²) in [5, 5.41) is 4.59. The summed E-state index contributed by atoms with van der Waals surface area (Å²) < 4.78 is 0. The smallest absolute Gasteiger partial charge is 0.318 e. The first kappa shape index (κ1) is 12.3. The molecule has 1 fully saturated rings. The highest BCUT2D eigenvalue weighted by Gasteiger charge is 2.48. The molecule has 0 atom stereocenters. The Kier molecular flexibility index (Phi) is 3.97. The predicted octanol–water partition coefficient (Wildman–Crippen LogP) is 0.168. The molecule has 1 aliphatic rings. The van der Waals surface area contributed by atoms with Gasteiger partial charge >= 0.3 is 6.03 Å². The zero-order chi connectivity index (χ0) is 11.5. The average Bonchev–Trinajstić information content (AvgIpc) is 2.49. The summed E-state index contributed by atoms with van der Waals surface area (Å²) in [4.78, 5) is 24.7. The second-order valence-corrected chi connectivity index (χ2v) is 5.31. The SMILES string of the molecule is C=PC1(P=C)NC(=O)N(CCNC)C1=O. The van der Waals surface area contributed by atoms with Gasteiger partial charge in [0.15, 0.2) is 0 Å². The molecule has 0 aromatic rings. The van der Waals surface area contributed by atoms with Crippen molar-refractivity contribution in [2.75, 3.05) is 20.1 Å². The van der Waals surface area contributed by atoms with Gasteiger partial charge in [0.2, 0.25) is 5.02 Å². The Hall–Kier alpha value is -0.760. The lowest BCUT2D eigenvalue weighted by molar-refractivity contribution is -0.126. The topological polar surface area (TPSA) is 61.4 Å². The number of nitrogens with zero attached hydrogens (tertiary/aromatic N) is 1. The van der Waals surface area contributed by atoms with Gasteiger partial charge in [-0.05, 0) is 7.05 Å². The van der Waals surface area contributed by atoms with Crippen LogP contribution in [0.3, 0.4) is 0 Å². The predicted molar refractivity (Wildman–Crippen MR) is 65.0 cm³/mol. The number of likely N-dealkylation sites (N-methyl/N-ethyl adjacent to an activating group) is 1. The summed E-state index contributed by atoms with van der Waals surface area (Å²) in [6.07, 6.45) is 7.32. The van der Waals surface area contributed by atoms with Crippen LogP contribution in [-0.4, -0.2) is 54.6 Å². The molecule has 0 spiro atoms. The fraction of sp³-hybridized carbons (Fsp3) is 0.500. The number of carbonyl (C=O) groups is 2. The van der Waals surface area contributed by atoms with Crippen LogP contribution in [-0.2, 0) is 4.79 Å². The van der Waals surface area contributed by atoms with E-state index in [-0.39, 0.29) is 11.9 Å². The highest BCUT2D eigenvalue weighted by molar-refractivity contribution is 7.59. The van der Waals surface area contributed by atoms with Crippen molar-refractivity contribution in [2.45, 2.75) is 5.02 Å². The molecule has 82 valence electrons. The zero-order valence-electron chi connectivity index (χ0n) is 8.49. The molecule has 0 aromatic heterocycles. The fourth-order valence-electron chi connectivity index (χ4n) is 1.24. The third-order valence-corrected chi connectivity index (χ3v) is 4.48. The van der Waals surface area contributed by atoms with Crippen LogP contribution in [0.4, 0.5) is 4.79 Å². The largest absolute Gasteiger partial charge is 0.326 e. The van der Waals surface area contributed by atoms with Crippen molar-refractivity contribution in [2.24, 2.45) is 0 Å². The standard InChI is InChI=1S/C8H13N3O2P2/c1-9-4-5-11-6(12)8(14-2,15-3)10-7(11)13/h9H,2-5H2,1H3,(H,10,13). The van der Waals surface area contributed by atoms with Gasteiger partial charge in [-0.1, -0.05) is 29.0 Å². The Morgan fingerprint density at radius 3 is 2.47 bits per heavy atom. The first-order valence-electron chi connectivity index (χ1n) is 4.35. The Labute approximate surface area is 91.8 Å². The van der Waals surface area contributed by atoms with E-state index < -0.39 is 5.02 Å². The van der Waals surface area contributed by atoms with Crippen LogP contribution in [0.15, 0.2) is 0 Å². The van der Waals surface area contributed by atoms with E-state index >= 15 is 0 Å². The van der Waals surface area contributed by atoms with E-state index in [0.717, 1.165) is 0 Å². The highest BCUT2D eigenvalue weighted by atomic mass is 31.1. The van der Waals surface area contributed by atoms with Crippen molar-refractivity contribution in [3.63, 3.8) is 0 Å². The maximum absolute atomic E-state index is 11.9. The van der Waals surface area contributed by atoms with Crippen molar-refractivity contribution in [1.82, 2.24) is 15.5 Å². The average molecular weight is 245 g/mol. The minimum Gasteiger partial charge on any atom is -0.318 e. The van der Waals surface area contributed by atoms with E-state index in [0.29, 0.717) is 29.5 Å². The zero-order valence-corrected chi connectivity index (χ0v) is 10.3. The maximum atomic E-state index is 11.9. The van der Waals surface area contributed by atoms with E-state index in [4.69, 9.17) is 0 Å². The lowest BCUT2D eigenvalue weighted by Gasteiger charge is -2.16. The molecule has 0 aromatic carbocycles. The van der Waals surface area contributed by atoms with Crippen molar-refractivity contribution < 1.29 is 9.59 Å². The molecule has 2 N–H and O–H groups in total. The molecule has 0 saturated carbocycles. The van der Waals surface area contributed by atoms with Gasteiger partial charge in [-0.25, -0.2) is 4.79 Å². The van der Waals surface area contributed by atoms with Crippen LogP contribution in [0.1, 0.15) is 0 Å². The van der Waals surface area contributed by atoms with Gasteiger partial charge in [0.1, 0.15) is 0 Å². The summed E-state index contributed by atoms with van der Waals surface area (Å²) in [7, 11) is 2.90. The second-order valence-electron chi connectivity index (χ2n) is 2.98. The van der Waals surface area contributed by atoms with Crippen LogP contribution in [0, 0.1) is 0 Å². The van der Waals surface area contributed by atoms with Crippen molar-refractivity contribution in [3.8, 4) is 0 Å². The number of hydrogen-bond acceptors (Lipinski definition) is 3. The van der Waals surface area contributed by atoms with E-state index in [9.17, 15) is 9.59 Å². The molecule has 0 aliphatic carbocycles. The lowest BCUT2D eigenvalue weighted by atomic mass is 10.5. The van der Waals surface area contributed by atoms with E-state index in [1.54, 1.807) is 7.05 Å². The van der Waals surface area contributed by atoms with Gasteiger partial charge in [-0.2, -0.15) is 0 Å². The molecule has 1 heterocycles. The number of urea groups is 1. The van der Waals surface area contributed by atoms with Gasteiger partial charge in [0.25, 0.3) is 5.91 Å². The summed E-state index contributed by atoms with van der Waals surface area (Å²) >= 11 is 0. The first-order chi connectivity index (χ1) is 7.11. The van der Waals surface area contributed by atoms with E-state index in [1.807, 2.05) is 0 Å². The third-order valence-electron chi connectivity index (χ3n) is 2.11. The highest BCUT2D eigenvalue weighted by Crippen LogP contribution is 2.37. The van der Waals surface area contributed by atoms with Crippen molar-refractivity contribution >= 4 is 40.9 Å². The van der Waals surface area contributed by atoms with Gasteiger partial charge in [0, 0.05) is 13.1 Å². The lowest BCUT2D eigenvalue weighted by Crippen LogP contribution is -2.37. The van der Waals surface area contributed by atoms with Gasteiger partial charge in [-0.15, -0.1) is 0 Å². The van der Waals surface area contributed by atoms with Crippen LogP contribution < -0.4 is 10.6 Å². The number of rotatable bonds is 5. The Balaban J connectivity index is 2.87. The van der Waals surface area contributed by atoms with E-state index in [1.165, 1.54) is 4.90 Å². The molecular formula is C8H13N3O2P2. The molecular weight excluding hydrogens is 232 g/mol. The molecule has 1 rings (SSSR count). The van der Waals surface area contributed by atoms with Crippen molar-refractivity contribution in [3.05, 3.63) is 0 Å². The number of imide groups is 1. The fourth-order valence-corrected chi connectivity index (χ4v) is 2.50. The molecule has 3 amide bonds. The number of carbonyl (C=O) groups excluding carboxylic acids is 2. The summed E-state index contributed by atoms with van der Waals surface area (Å²) in [5.74, 6) is -0.240. The molecule has 1 saturated heterocycles. The van der Waals surface area contributed by atoms with Crippen LogP contribution in [0.25, 0.3) is 0 Å². The Bertz CT molecular complexity index is 311. The molecule has 7 heteroatoms. The normalized spacial score (nSPS) is 26.3. The molecule has 1 aliphatic heterocycles. The molecule has 5 nitrogen and oxygen atoms in total. The van der Waals surface area contributed by atoms with Crippen molar-refractivity contribution in [1.29, 1.82) is 0 Å². The monoisotopic (exact) mass is 245 g/mol. The third kappa shape index (κ3) is 2.10. The summed E-state index contributed by atoms with van der Waals surface area (Å²) in [6, 6.07) is -0.359. The number of hydrogen-bond donors (Lipinski definition) is 2. The second kappa shape index (κ2) is 4.84. The van der Waals surface area contributed by atoms with Gasteiger partial charge in [-0.3, -0.25) is 9.69 Å². The molecule has 15 heavy (non-hydrogen) atoms. The summed E-state index contributed by atoms with van der Waals surface area (Å²) in [6.45, 7) is 0.950. The maximum Gasteiger partial charge on any atom is 0.326 e. The van der Waals surface area contributed by atoms with Crippen LogP contribution >= 0.6 is 16.4 Å². The van der Waals surface area contributed by atoms with Crippen LogP contribution in [0.2, 0.25) is 0 Å². The Morgan fingerprint density at radius 1 is 1.47 bits per heavy atom.